The second kappa shape index (κ2) is 11.6. The van der Waals surface area contributed by atoms with Gasteiger partial charge in [-0.1, -0.05) is 150 Å². The SMILES string of the molecule is CC(C)(C)c1ccc(-c2ccc(N(c3ccc(-c4ccccc4)cc3)c3cccc4oc5c6c(ccc5c34)-c3ccccc3C6(C)C)cc2)cc1. The summed E-state index contributed by atoms with van der Waals surface area (Å²) in [5.41, 5.74) is 16.4. The van der Waals surface area contributed by atoms with Crippen LogP contribution < -0.4 is 4.90 Å². The molecule has 0 N–H and O–H groups in total. The van der Waals surface area contributed by atoms with Crippen LogP contribution in [0.3, 0.4) is 0 Å². The van der Waals surface area contributed by atoms with Gasteiger partial charge in [-0.15, -0.1) is 0 Å². The maximum absolute atomic E-state index is 6.89. The Kier molecular flexibility index (Phi) is 7.09. The van der Waals surface area contributed by atoms with Crippen molar-refractivity contribution in [2.24, 2.45) is 0 Å². The molecule has 0 spiro atoms. The molecule has 0 saturated carbocycles. The zero-order chi connectivity index (χ0) is 34.9. The summed E-state index contributed by atoms with van der Waals surface area (Å²) >= 11 is 0. The van der Waals surface area contributed by atoms with Crippen molar-refractivity contribution in [1.29, 1.82) is 0 Å². The number of benzene rings is 7. The van der Waals surface area contributed by atoms with E-state index in [2.05, 4.69) is 197 Å². The summed E-state index contributed by atoms with van der Waals surface area (Å²) in [7, 11) is 0. The molecule has 0 bridgehead atoms. The van der Waals surface area contributed by atoms with Crippen molar-refractivity contribution in [3.63, 3.8) is 0 Å². The predicted octanol–water partition coefficient (Wildman–Crippen LogP) is 14.0. The summed E-state index contributed by atoms with van der Waals surface area (Å²) < 4.78 is 6.89. The first-order chi connectivity index (χ1) is 24.7. The van der Waals surface area contributed by atoms with Crippen LogP contribution in [-0.2, 0) is 10.8 Å². The smallest absolute Gasteiger partial charge is 0.140 e. The minimum atomic E-state index is -0.173. The van der Waals surface area contributed by atoms with E-state index in [1.54, 1.807) is 0 Å². The summed E-state index contributed by atoms with van der Waals surface area (Å²) in [4.78, 5) is 2.38. The van der Waals surface area contributed by atoms with Gasteiger partial charge < -0.3 is 9.32 Å². The second-order valence-electron chi connectivity index (χ2n) is 15.4. The topological polar surface area (TPSA) is 16.4 Å². The molecule has 9 rings (SSSR count). The van der Waals surface area contributed by atoms with Gasteiger partial charge in [0.25, 0.3) is 0 Å². The predicted molar refractivity (Wildman–Crippen MR) is 216 cm³/mol. The molecule has 51 heavy (non-hydrogen) atoms. The van der Waals surface area contributed by atoms with Gasteiger partial charge in [0.2, 0.25) is 0 Å². The fraction of sp³-hybridized carbons (Fsp3) is 0.143. The molecule has 1 aliphatic rings. The Morgan fingerprint density at radius 3 is 1.71 bits per heavy atom. The monoisotopic (exact) mass is 659 g/mol. The van der Waals surface area contributed by atoms with E-state index >= 15 is 0 Å². The minimum absolute atomic E-state index is 0.122. The van der Waals surface area contributed by atoms with E-state index in [0.717, 1.165) is 39.0 Å². The summed E-state index contributed by atoms with van der Waals surface area (Å²) in [5.74, 6) is 0. The Morgan fingerprint density at radius 2 is 1.08 bits per heavy atom. The van der Waals surface area contributed by atoms with Crippen LogP contribution in [0.1, 0.15) is 51.3 Å². The number of hydrogen-bond acceptors (Lipinski definition) is 2. The summed E-state index contributed by atoms with van der Waals surface area (Å²) in [6.07, 6.45) is 0. The molecule has 0 amide bonds. The van der Waals surface area contributed by atoms with Crippen LogP contribution in [0, 0.1) is 0 Å². The van der Waals surface area contributed by atoms with E-state index in [-0.39, 0.29) is 10.8 Å². The van der Waals surface area contributed by atoms with E-state index < -0.39 is 0 Å². The van der Waals surface area contributed by atoms with Gasteiger partial charge in [0.1, 0.15) is 11.2 Å². The average Bonchev–Trinajstić information content (AvgIpc) is 3.65. The van der Waals surface area contributed by atoms with Crippen molar-refractivity contribution in [2.45, 2.75) is 45.4 Å². The van der Waals surface area contributed by atoms with Crippen molar-refractivity contribution in [1.82, 2.24) is 0 Å². The lowest BCUT2D eigenvalue weighted by Gasteiger charge is -2.27. The summed E-state index contributed by atoms with van der Waals surface area (Å²) in [6.45, 7) is 11.4. The molecule has 2 heteroatoms. The van der Waals surface area contributed by atoms with Gasteiger partial charge in [-0.2, -0.15) is 0 Å². The average molecular weight is 660 g/mol. The van der Waals surface area contributed by atoms with Crippen molar-refractivity contribution in [3.05, 3.63) is 174 Å². The van der Waals surface area contributed by atoms with E-state index in [1.807, 2.05) is 0 Å². The van der Waals surface area contributed by atoms with Crippen LogP contribution in [0.15, 0.2) is 162 Å². The lowest BCUT2D eigenvalue weighted by Crippen LogP contribution is -2.15. The number of fused-ring (bicyclic) bond motifs is 7. The first kappa shape index (κ1) is 31.1. The van der Waals surface area contributed by atoms with E-state index in [1.165, 1.54) is 50.1 Å². The number of hydrogen-bond donors (Lipinski definition) is 0. The van der Waals surface area contributed by atoms with Crippen LogP contribution in [0.25, 0.3) is 55.3 Å². The maximum atomic E-state index is 6.89. The molecule has 7 aromatic carbocycles. The van der Waals surface area contributed by atoms with Crippen molar-refractivity contribution in [2.75, 3.05) is 4.90 Å². The molecule has 1 heterocycles. The molecule has 2 nitrogen and oxygen atoms in total. The Balaban J connectivity index is 1.21. The van der Waals surface area contributed by atoms with E-state index in [0.29, 0.717) is 0 Å². The molecule has 0 saturated heterocycles. The fourth-order valence-electron chi connectivity index (χ4n) is 8.13. The Labute approximate surface area is 300 Å². The van der Waals surface area contributed by atoms with Gasteiger partial charge in [0, 0.05) is 27.7 Å². The zero-order valence-electron chi connectivity index (χ0n) is 29.9. The number of anilines is 3. The van der Waals surface area contributed by atoms with Gasteiger partial charge in [0.05, 0.1) is 11.1 Å². The molecular weight excluding hydrogens is 619 g/mol. The van der Waals surface area contributed by atoms with Gasteiger partial charge in [-0.05, 0) is 92.4 Å². The Morgan fingerprint density at radius 1 is 0.510 bits per heavy atom. The molecule has 0 fully saturated rings. The highest BCUT2D eigenvalue weighted by molar-refractivity contribution is 6.15. The third-order valence-electron chi connectivity index (χ3n) is 10.8. The van der Waals surface area contributed by atoms with Crippen molar-refractivity contribution in [3.8, 4) is 33.4 Å². The third-order valence-corrected chi connectivity index (χ3v) is 10.8. The van der Waals surface area contributed by atoms with Crippen LogP contribution in [0.5, 0.6) is 0 Å². The minimum Gasteiger partial charge on any atom is -0.456 e. The van der Waals surface area contributed by atoms with Crippen LogP contribution in [0.2, 0.25) is 0 Å². The third kappa shape index (κ3) is 5.09. The summed E-state index contributed by atoms with van der Waals surface area (Å²) in [5, 5.41) is 2.26. The molecule has 0 radical (unpaired) electrons. The van der Waals surface area contributed by atoms with Crippen molar-refractivity contribution >= 4 is 39.0 Å². The molecule has 8 aromatic rings. The molecule has 248 valence electrons. The van der Waals surface area contributed by atoms with E-state index in [9.17, 15) is 0 Å². The normalized spacial score (nSPS) is 13.4. The quantitative estimate of drug-likeness (QED) is 0.183. The number of furan rings is 1. The zero-order valence-corrected chi connectivity index (χ0v) is 29.9. The number of nitrogens with zero attached hydrogens (tertiary/aromatic N) is 1. The van der Waals surface area contributed by atoms with Gasteiger partial charge in [-0.3, -0.25) is 0 Å². The molecule has 0 unspecified atom stereocenters. The molecule has 1 aromatic heterocycles. The lowest BCUT2D eigenvalue weighted by atomic mass is 9.82. The Bertz CT molecular complexity index is 2550. The number of rotatable bonds is 5. The highest BCUT2D eigenvalue weighted by Crippen LogP contribution is 2.53. The largest absolute Gasteiger partial charge is 0.456 e. The first-order valence-corrected chi connectivity index (χ1v) is 17.9. The van der Waals surface area contributed by atoms with Crippen LogP contribution >= 0.6 is 0 Å². The van der Waals surface area contributed by atoms with Gasteiger partial charge in [0.15, 0.2) is 0 Å². The first-order valence-electron chi connectivity index (χ1n) is 17.9. The highest BCUT2D eigenvalue weighted by Gasteiger charge is 2.38. The highest BCUT2D eigenvalue weighted by atomic mass is 16.3. The fourth-order valence-corrected chi connectivity index (χ4v) is 8.13. The van der Waals surface area contributed by atoms with Gasteiger partial charge >= 0.3 is 0 Å². The van der Waals surface area contributed by atoms with E-state index in [4.69, 9.17) is 4.42 Å². The lowest BCUT2D eigenvalue weighted by molar-refractivity contribution is 0.590. The van der Waals surface area contributed by atoms with Gasteiger partial charge in [-0.25, -0.2) is 0 Å². The molecule has 0 aliphatic heterocycles. The molecule has 0 atom stereocenters. The Hall–Kier alpha value is -5.86. The van der Waals surface area contributed by atoms with Crippen molar-refractivity contribution < 1.29 is 4.42 Å². The summed E-state index contributed by atoms with van der Waals surface area (Å²) in [6, 6.07) is 57.3. The maximum Gasteiger partial charge on any atom is 0.140 e. The standard InChI is InChI=1S/C49H41NO/c1-48(2,3)36-24-18-33(19-25-36)35-22-28-38(29-23-35)50(37-26-20-34(21-27-37)32-12-7-6-8-13-32)43-16-11-17-44-45(43)41-31-30-40-39-14-9-10-15-42(39)49(4,5)46(40)47(41)51-44/h6-31H,1-5H3. The molecule has 1 aliphatic carbocycles. The van der Waals surface area contributed by atoms with Crippen LogP contribution in [-0.4, -0.2) is 0 Å². The molecular formula is C49H41NO. The van der Waals surface area contributed by atoms with Crippen LogP contribution in [0.4, 0.5) is 17.1 Å². The second-order valence-corrected chi connectivity index (χ2v) is 15.4.